The summed E-state index contributed by atoms with van der Waals surface area (Å²) in [4.78, 5) is 27.5. The van der Waals surface area contributed by atoms with E-state index in [1.165, 1.54) is 29.2 Å². The van der Waals surface area contributed by atoms with Crippen LogP contribution in [0.5, 0.6) is 5.75 Å². The van der Waals surface area contributed by atoms with Gasteiger partial charge in [-0.25, -0.2) is 4.79 Å². The smallest absolute Gasteiger partial charge is 0.387 e. The molecule has 27 heavy (non-hydrogen) atoms. The number of para-hydroxylation sites is 1. The Morgan fingerprint density at radius 3 is 2.30 bits per heavy atom. The lowest BCUT2D eigenvalue weighted by molar-refractivity contribution is -0.127. The number of rotatable bonds is 6. The molecule has 1 fully saturated rings. The second-order valence-electron chi connectivity index (χ2n) is 6.08. The fourth-order valence-electron chi connectivity index (χ4n) is 2.97. The lowest BCUT2D eigenvalue weighted by Gasteiger charge is -2.20. The van der Waals surface area contributed by atoms with Crippen molar-refractivity contribution in [2.75, 3.05) is 11.4 Å². The van der Waals surface area contributed by atoms with Crippen molar-refractivity contribution in [1.82, 2.24) is 4.90 Å². The third-order valence-corrected chi connectivity index (χ3v) is 4.33. The van der Waals surface area contributed by atoms with E-state index in [9.17, 15) is 23.5 Å². The molecule has 0 aliphatic carbocycles. The van der Waals surface area contributed by atoms with Crippen molar-refractivity contribution in [3.8, 4) is 5.75 Å². The number of aliphatic hydroxyl groups is 1. The number of benzene rings is 2. The maximum Gasteiger partial charge on any atom is 0.387 e. The van der Waals surface area contributed by atoms with Crippen molar-refractivity contribution in [3.63, 3.8) is 0 Å². The number of alkyl halides is 2. The average Bonchev–Trinajstić information content (AvgIpc) is 2.86. The summed E-state index contributed by atoms with van der Waals surface area (Å²) in [5.41, 5.74) is 0.969. The van der Waals surface area contributed by atoms with E-state index in [0.29, 0.717) is 11.3 Å². The minimum atomic E-state index is -2.94. The van der Waals surface area contributed by atoms with Crippen LogP contribution in [0.2, 0.25) is 0 Å². The number of amides is 3. The lowest BCUT2D eigenvalue weighted by Crippen LogP contribution is -2.36. The fourth-order valence-corrected chi connectivity index (χ4v) is 2.97. The largest absolute Gasteiger partial charge is 0.435 e. The van der Waals surface area contributed by atoms with E-state index in [1.807, 2.05) is 0 Å². The predicted octanol–water partition coefficient (Wildman–Crippen LogP) is 3.18. The first kappa shape index (κ1) is 18.8. The van der Waals surface area contributed by atoms with E-state index < -0.39 is 30.7 Å². The van der Waals surface area contributed by atoms with Gasteiger partial charge in [-0.2, -0.15) is 8.78 Å². The highest BCUT2D eigenvalue weighted by Gasteiger charge is 2.43. The molecule has 1 aliphatic rings. The van der Waals surface area contributed by atoms with Gasteiger partial charge in [-0.3, -0.25) is 14.6 Å². The second-order valence-corrected chi connectivity index (χ2v) is 6.08. The van der Waals surface area contributed by atoms with Crippen LogP contribution in [0.15, 0.2) is 54.6 Å². The predicted molar refractivity (Wildman–Crippen MR) is 93.5 cm³/mol. The molecule has 6 nitrogen and oxygen atoms in total. The Hall–Kier alpha value is -3.00. The SMILES string of the molecule is C[C@@H]1C(=O)N(C[C@H](O)c2ccc(OC(F)F)cc2)C(=O)N1c1ccccc1. The zero-order chi connectivity index (χ0) is 19.6. The van der Waals surface area contributed by atoms with Crippen molar-refractivity contribution in [1.29, 1.82) is 0 Å². The van der Waals surface area contributed by atoms with E-state index in [4.69, 9.17) is 0 Å². The van der Waals surface area contributed by atoms with Crippen molar-refractivity contribution in [3.05, 3.63) is 60.2 Å². The normalized spacial score (nSPS) is 18.3. The van der Waals surface area contributed by atoms with Crippen LogP contribution in [-0.2, 0) is 4.79 Å². The number of halogens is 2. The number of ether oxygens (including phenoxy) is 1. The first-order valence-electron chi connectivity index (χ1n) is 8.31. The van der Waals surface area contributed by atoms with Crippen LogP contribution in [-0.4, -0.2) is 41.1 Å². The van der Waals surface area contributed by atoms with E-state index >= 15 is 0 Å². The quantitative estimate of drug-likeness (QED) is 0.786. The molecule has 0 spiro atoms. The van der Waals surface area contributed by atoms with Gasteiger partial charge in [0.2, 0.25) is 0 Å². The molecule has 0 unspecified atom stereocenters. The van der Waals surface area contributed by atoms with Gasteiger partial charge >= 0.3 is 12.6 Å². The minimum Gasteiger partial charge on any atom is -0.435 e. The van der Waals surface area contributed by atoms with Gasteiger partial charge in [0.25, 0.3) is 5.91 Å². The van der Waals surface area contributed by atoms with E-state index in [0.717, 1.165) is 4.90 Å². The molecule has 0 aromatic heterocycles. The zero-order valence-corrected chi connectivity index (χ0v) is 14.5. The summed E-state index contributed by atoms with van der Waals surface area (Å²) in [6, 6.07) is 13.0. The van der Waals surface area contributed by atoms with E-state index in [1.54, 1.807) is 37.3 Å². The molecule has 2 aromatic rings. The van der Waals surface area contributed by atoms with Crippen LogP contribution in [0.25, 0.3) is 0 Å². The van der Waals surface area contributed by atoms with Crippen molar-refractivity contribution in [2.45, 2.75) is 25.7 Å². The maximum absolute atomic E-state index is 12.7. The molecule has 1 saturated heterocycles. The molecule has 3 amide bonds. The highest BCUT2D eigenvalue weighted by Crippen LogP contribution is 2.28. The van der Waals surface area contributed by atoms with Gasteiger partial charge in [0, 0.05) is 5.69 Å². The standard InChI is InChI=1S/C19H18F2N2O4/c1-12-17(25)22(19(26)23(12)14-5-3-2-4-6-14)11-16(24)13-7-9-15(10-8-13)27-18(20)21/h2-10,12,16,18,24H,11H2,1H3/t12-,16+/m1/s1. The zero-order valence-electron chi connectivity index (χ0n) is 14.5. The molecular formula is C19H18F2N2O4. The van der Waals surface area contributed by atoms with Gasteiger partial charge < -0.3 is 9.84 Å². The highest BCUT2D eigenvalue weighted by molar-refractivity contribution is 6.14. The van der Waals surface area contributed by atoms with Gasteiger partial charge in [0.1, 0.15) is 11.8 Å². The molecule has 3 rings (SSSR count). The molecule has 2 atom stereocenters. The van der Waals surface area contributed by atoms with Gasteiger partial charge in [0.05, 0.1) is 12.6 Å². The van der Waals surface area contributed by atoms with E-state index in [-0.39, 0.29) is 12.3 Å². The highest BCUT2D eigenvalue weighted by atomic mass is 19.3. The van der Waals surface area contributed by atoms with Gasteiger partial charge in [-0.15, -0.1) is 0 Å². The van der Waals surface area contributed by atoms with Crippen LogP contribution < -0.4 is 9.64 Å². The third-order valence-electron chi connectivity index (χ3n) is 4.33. The molecule has 1 aliphatic heterocycles. The Morgan fingerprint density at radius 2 is 1.70 bits per heavy atom. The average molecular weight is 376 g/mol. The summed E-state index contributed by atoms with van der Waals surface area (Å²) in [6.45, 7) is -1.55. The minimum absolute atomic E-state index is 0.0434. The number of urea groups is 1. The molecular weight excluding hydrogens is 358 g/mol. The molecule has 0 radical (unpaired) electrons. The number of anilines is 1. The summed E-state index contributed by atoms with van der Waals surface area (Å²) < 4.78 is 28.6. The summed E-state index contributed by atoms with van der Waals surface area (Å²) >= 11 is 0. The molecule has 142 valence electrons. The van der Waals surface area contributed by atoms with Crippen molar-refractivity contribution >= 4 is 17.6 Å². The van der Waals surface area contributed by atoms with E-state index in [2.05, 4.69) is 4.74 Å². The Balaban J connectivity index is 1.73. The Morgan fingerprint density at radius 1 is 1.07 bits per heavy atom. The number of aliphatic hydroxyl groups excluding tert-OH is 1. The van der Waals surface area contributed by atoms with Crippen LogP contribution in [0.4, 0.5) is 19.3 Å². The molecule has 2 aromatic carbocycles. The first-order valence-corrected chi connectivity index (χ1v) is 8.31. The number of carbonyl (C=O) groups is 2. The fraction of sp³-hybridized carbons (Fsp3) is 0.263. The summed E-state index contributed by atoms with van der Waals surface area (Å²) in [5.74, 6) is -0.460. The Labute approximate surface area is 154 Å². The number of hydrogen-bond donors (Lipinski definition) is 1. The Kier molecular flexibility index (Phi) is 5.36. The van der Waals surface area contributed by atoms with Crippen molar-refractivity contribution in [2.24, 2.45) is 0 Å². The summed E-state index contributed by atoms with van der Waals surface area (Å²) in [5, 5.41) is 10.4. The number of imide groups is 1. The number of β-amino-alcohol motifs (C(OH)–C–C–N with tert-alkyl or cyclic N) is 1. The number of nitrogens with zero attached hydrogens (tertiary/aromatic N) is 2. The Bertz CT molecular complexity index is 814. The van der Waals surface area contributed by atoms with Gasteiger partial charge in [-0.1, -0.05) is 30.3 Å². The van der Waals surface area contributed by atoms with Crippen LogP contribution >= 0.6 is 0 Å². The maximum atomic E-state index is 12.7. The number of hydrogen-bond acceptors (Lipinski definition) is 4. The third kappa shape index (κ3) is 3.90. The second kappa shape index (κ2) is 7.71. The van der Waals surface area contributed by atoms with Gasteiger partial charge in [0.15, 0.2) is 0 Å². The number of carbonyl (C=O) groups excluding carboxylic acids is 2. The van der Waals surface area contributed by atoms with Crippen LogP contribution in [0.3, 0.4) is 0 Å². The monoisotopic (exact) mass is 376 g/mol. The summed E-state index contributed by atoms with van der Waals surface area (Å²) in [7, 11) is 0. The van der Waals surface area contributed by atoms with Crippen molar-refractivity contribution < 1.29 is 28.2 Å². The van der Waals surface area contributed by atoms with Crippen LogP contribution in [0, 0.1) is 0 Å². The molecule has 8 heteroatoms. The van der Waals surface area contributed by atoms with Crippen LogP contribution in [0.1, 0.15) is 18.6 Å². The first-order chi connectivity index (χ1) is 12.9. The molecule has 1 heterocycles. The van der Waals surface area contributed by atoms with Gasteiger partial charge in [-0.05, 0) is 36.8 Å². The summed E-state index contributed by atoms with van der Waals surface area (Å²) in [6.07, 6.45) is -1.15. The molecule has 0 bridgehead atoms. The molecule has 0 saturated carbocycles. The topological polar surface area (TPSA) is 70.1 Å². The lowest BCUT2D eigenvalue weighted by atomic mass is 10.1. The molecule has 1 N–H and O–H groups in total.